The molecule has 1 heterocycles. The van der Waals surface area contributed by atoms with Crippen LogP contribution in [0.25, 0.3) is 22.3 Å². The van der Waals surface area contributed by atoms with Crippen LogP contribution in [0.5, 0.6) is 0 Å². The van der Waals surface area contributed by atoms with Crippen LogP contribution in [0.3, 0.4) is 0 Å². The molecule has 6 rings (SSSR count). The van der Waals surface area contributed by atoms with Crippen molar-refractivity contribution in [3.05, 3.63) is 157 Å². The van der Waals surface area contributed by atoms with Crippen LogP contribution in [0.1, 0.15) is 6.92 Å². The lowest BCUT2D eigenvalue weighted by molar-refractivity contribution is 0.153. The van der Waals surface area contributed by atoms with Gasteiger partial charge in [0.25, 0.3) is 0 Å². The van der Waals surface area contributed by atoms with Crippen LogP contribution in [0, 0.1) is 5.92 Å². The van der Waals surface area contributed by atoms with Crippen LogP contribution in [0.15, 0.2) is 157 Å². The van der Waals surface area contributed by atoms with Crippen molar-refractivity contribution >= 4 is 11.4 Å². The third kappa shape index (κ3) is 4.50. The minimum Gasteiger partial charge on any atom is -0.487 e. The maximum Gasteiger partial charge on any atom is 0.127 e. The van der Waals surface area contributed by atoms with Gasteiger partial charge in [-0.25, -0.2) is 0 Å². The van der Waals surface area contributed by atoms with Crippen LogP contribution in [-0.4, -0.2) is 12.1 Å². The molecule has 0 bridgehead atoms. The Labute approximate surface area is 225 Å². The Hall–Kier alpha value is -4.56. The van der Waals surface area contributed by atoms with E-state index in [0.717, 1.165) is 22.7 Å². The van der Waals surface area contributed by atoms with Crippen molar-refractivity contribution in [1.29, 1.82) is 0 Å². The van der Waals surface area contributed by atoms with Crippen LogP contribution >= 0.6 is 0 Å². The number of rotatable bonds is 7. The van der Waals surface area contributed by atoms with Crippen LogP contribution in [0.2, 0.25) is 0 Å². The Morgan fingerprint density at radius 1 is 0.658 bits per heavy atom. The molecule has 186 valence electrons. The summed E-state index contributed by atoms with van der Waals surface area (Å²) in [5.74, 6) is 1.18. The van der Waals surface area contributed by atoms with E-state index in [1.807, 2.05) is 6.08 Å². The minimum absolute atomic E-state index is 0.0215. The highest BCUT2D eigenvalue weighted by Gasteiger charge is 2.37. The van der Waals surface area contributed by atoms with E-state index < -0.39 is 0 Å². The van der Waals surface area contributed by atoms with E-state index in [0.29, 0.717) is 0 Å². The first-order valence-electron chi connectivity index (χ1n) is 13.2. The fourth-order valence-electron chi connectivity index (χ4n) is 5.54. The Morgan fingerprint density at radius 3 is 1.63 bits per heavy atom. The highest BCUT2D eigenvalue weighted by atomic mass is 16.5. The van der Waals surface area contributed by atoms with Gasteiger partial charge in [0.2, 0.25) is 0 Å². The predicted molar refractivity (Wildman–Crippen MR) is 159 cm³/mol. The van der Waals surface area contributed by atoms with Gasteiger partial charge in [-0.1, -0.05) is 116 Å². The normalized spacial score (nSPS) is 18.6. The standard InChI is InChI=1S/C36H31NO/c1-3-33-34-16-10-11-17-35(34)38-36(33)26(2)37(31-22-18-29(19-23-31)27-12-6-4-7-13-27)32-24-20-30(21-25-32)28-14-8-5-9-15-28/h3-26,34-35H,1H2,2H3/t26-,34?,35-/m1/s1. The summed E-state index contributed by atoms with van der Waals surface area (Å²) in [6.07, 6.45) is 10.5. The van der Waals surface area contributed by atoms with E-state index in [1.54, 1.807) is 0 Å². The molecule has 3 atom stereocenters. The molecule has 0 N–H and O–H groups in total. The van der Waals surface area contributed by atoms with Crippen molar-refractivity contribution in [3.63, 3.8) is 0 Å². The second kappa shape index (κ2) is 10.4. The van der Waals surface area contributed by atoms with Gasteiger partial charge >= 0.3 is 0 Å². The first kappa shape index (κ1) is 23.8. The highest BCUT2D eigenvalue weighted by molar-refractivity contribution is 5.73. The van der Waals surface area contributed by atoms with Crippen molar-refractivity contribution in [2.45, 2.75) is 19.1 Å². The number of hydrogen-bond donors (Lipinski definition) is 0. The third-order valence-electron chi connectivity index (χ3n) is 7.48. The second-order valence-corrected chi connectivity index (χ2v) is 9.77. The van der Waals surface area contributed by atoms with E-state index in [-0.39, 0.29) is 18.1 Å². The lowest BCUT2D eigenvalue weighted by Gasteiger charge is -2.33. The lowest BCUT2D eigenvalue weighted by atomic mass is 9.90. The molecule has 0 fully saturated rings. The molecule has 38 heavy (non-hydrogen) atoms. The number of allylic oxidation sites excluding steroid dienone is 3. The van der Waals surface area contributed by atoms with Crippen LogP contribution in [-0.2, 0) is 4.74 Å². The summed E-state index contributed by atoms with van der Waals surface area (Å²) in [6.45, 7) is 6.37. The Morgan fingerprint density at radius 2 is 1.13 bits per heavy atom. The molecule has 1 aliphatic heterocycles. The number of ether oxygens (including phenoxy) is 1. The van der Waals surface area contributed by atoms with E-state index in [1.165, 1.54) is 22.3 Å². The van der Waals surface area contributed by atoms with Gasteiger partial charge in [-0.15, -0.1) is 0 Å². The van der Waals surface area contributed by atoms with Crippen molar-refractivity contribution < 1.29 is 4.74 Å². The summed E-state index contributed by atoms with van der Waals surface area (Å²) >= 11 is 0. The highest BCUT2D eigenvalue weighted by Crippen LogP contribution is 2.41. The summed E-state index contributed by atoms with van der Waals surface area (Å²) in [7, 11) is 0. The zero-order valence-electron chi connectivity index (χ0n) is 21.6. The first-order valence-corrected chi connectivity index (χ1v) is 13.2. The van der Waals surface area contributed by atoms with Gasteiger partial charge in [-0.05, 0) is 59.5 Å². The van der Waals surface area contributed by atoms with Crippen LogP contribution < -0.4 is 4.90 Å². The van der Waals surface area contributed by atoms with Gasteiger partial charge in [-0.2, -0.15) is 0 Å². The molecule has 1 aliphatic carbocycles. The van der Waals surface area contributed by atoms with Gasteiger partial charge in [0.1, 0.15) is 11.9 Å². The molecule has 2 nitrogen and oxygen atoms in total. The number of nitrogens with zero attached hydrogens (tertiary/aromatic N) is 1. The third-order valence-corrected chi connectivity index (χ3v) is 7.48. The number of hydrogen-bond acceptors (Lipinski definition) is 2. The van der Waals surface area contributed by atoms with E-state index >= 15 is 0 Å². The summed E-state index contributed by atoms with van der Waals surface area (Å²) in [5, 5.41) is 0. The van der Waals surface area contributed by atoms with Crippen molar-refractivity contribution in [2.75, 3.05) is 4.90 Å². The number of benzene rings is 4. The fraction of sp³-hybridized carbons (Fsp3) is 0.111. The molecule has 0 spiro atoms. The molecule has 0 radical (unpaired) electrons. The van der Waals surface area contributed by atoms with E-state index in [2.05, 4.69) is 152 Å². The second-order valence-electron chi connectivity index (χ2n) is 9.77. The van der Waals surface area contributed by atoms with E-state index in [4.69, 9.17) is 4.74 Å². The maximum atomic E-state index is 6.57. The van der Waals surface area contributed by atoms with Gasteiger partial charge in [0.05, 0.1) is 6.04 Å². The largest absolute Gasteiger partial charge is 0.487 e. The molecular formula is C36H31NO. The molecule has 2 aliphatic rings. The summed E-state index contributed by atoms with van der Waals surface area (Å²) in [6, 6.07) is 38.6. The minimum atomic E-state index is -0.0273. The molecule has 0 saturated heterocycles. The monoisotopic (exact) mass is 493 g/mol. The average Bonchev–Trinajstić information content (AvgIpc) is 3.38. The van der Waals surface area contributed by atoms with Gasteiger partial charge in [-0.3, -0.25) is 0 Å². The zero-order valence-corrected chi connectivity index (χ0v) is 21.6. The molecule has 0 aromatic heterocycles. The van der Waals surface area contributed by atoms with E-state index in [9.17, 15) is 0 Å². The summed E-state index contributed by atoms with van der Waals surface area (Å²) in [5.41, 5.74) is 8.22. The maximum absolute atomic E-state index is 6.57. The summed E-state index contributed by atoms with van der Waals surface area (Å²) < 4.78 is 6.57. The predicted octanol–water partition coefficient (Wildman–Crippen LogP) is 9.13. The van der Waals surface area contributed by atoms with Crippen LogP contribution in [0.4, 0.5) is 11.4 Å². The molecular weight excluding hydrogens is 462 g/mol. The molecule has 1 unspecified atom stereocenters. The first-order chi connectivity index (χ1) is 18.7. The molecule has 0 amide bonds. The van der Waals surface area contributed by atoms with Crippen molar-refractivity contribution in [2.24, 2.45) is 5.92 Å². The molecule has 4 aromatic rings. The van der Waals surface area contributed by atoms with Gasteiger partial charge in [0, 0.05) is 22.9 Å². The Kier molecular flexibility index (Phi) is 6.54. The smallest absolute Gasteiger partial charge is 0.127 e. The quantitative estimate of drug-likeness (QED) is 0.254. The average molecular weight is 494 g/mol. The van der Waals surface area contributed by atoms with Crippen molar-refractivity contribution in [3.8, 4) is 22.3 Å². The van der Waals surface area contributed by atoms with Gasteiger partial charge in [0.15, 0.2) is 0 Å². The molecule has 0 saturated carbocycles. The molecule has 2 heteroatoms. The SMILES string of the molecule is C=CC1=C([C@@H](C)N(c2ccc(-c3ccccc3)cc2)c2ccc(-c3ccccc3)cc2)O[C@@H]2C=CC=CC12. The summed E-state index contributed by atoms with van der Waals surface area (Å²) in [4.78, 5) is 2.37. The zero-order chi connectivity index (χ0) is 25.9. The Bertz CT molecular complexity index is 1410. The fourth-order valence-corrected chi connectivity index (χ4v) is 5.54. The van der Waals surface area contributed by atoms with Crippen molar-refractivity contribution in [1.82, 2.24) is 0 Å². The topological polar surface area (TPSA) is 12.5 Å². The number of fused-ring (bicyclic) bond motifs is 1. The number of anilines is 2. The Balaban J connectivity index is 1.40. The van der Waals surface area contributed by atoms with Gasteiger partial charge < -0.3 is 9.64 Å². The molecule has 4 aromatic carbocycles. The lowest BCUT2D eigenvalue weighted by Crippen LogP contribution is -2.31.